The number of nitrogens with one attached hydrogen (secondary N) is 1. The van der Waals surface area contributed by atoms with Gasteiger partial charge in [-0.05, 0) is 31.7 Å². The highest BCUT2D eigenvalue weighted by Gasteiger charge is 2.20. The molecule has 0 bridgehead atoms. The van der Waals surface area contributed by atoms with E-state index < -0.39 is 0 Å². The lowest BCUT2D eigenvalue weighted by Crippen LogP contribution is -2.37. The lowest BCUT2D eigenvalue weighted by atomic mass is 9.92. The maximum atomic E-state index is 9.47. The van der Waals surface area contributed by atoms with Crippen LogP contribution in [0.2, 0.25) is 0 Å². The van der Waals surface area contributed by atoms with Crippen molar-refractivity contribution < 1.29 is 10.2 Å². The molecule has 3 nitrogen and oxygen atoms in total. The monoisotopic (exact) mass is 159 g/mol. The zero-order valence-electron chi connectivity index (χ0n) is 6.79. The molecule has 1 fully saturated rings. The molecule has 0 aromatic rings. The first-order valence-corrected chi connectivity index (χ1v) is 4.34. The number of aliphatic hydroxyl groups excluding tert-OH is 2. The molecule has 11 heavy (non-hydrogen) atoms. The molecule has 1 rings (SSSR count). The van der Waals surface area contributed by atoms with E-state index in [1.807, 2.05) is 0 Å². The number of rotatable bonds is 3. The van der Waals surface area contributed by atoms with Crippen molar-refractivity contribution in [3.05, 3.63) is 0 Å². The van der Waals surface area contributed by atoms with Crippen molar-refractivity contribution in [3.63, 3.8) is 0 Å². The summed E-state index contributed by atoms with van der Waals surface area (Å²) in [4.78, 5) is 0. The fourth-order valence-corrected chi connectivity index (χ4v) is 1.58. The molecule has 0 amide bonds. The van der Waals surface area contributed by atoms with Crippen LogP contribution in [0.5, 0.6) is 0 Å². The molecule has 1 saturated heterocycles. The Morgan fingerprint density at radius 2 is 2.36 bits per heavy atom. The van der Waals surface area contributed by atoms with Gasteiger partial charge in [-0.1, -0.05) is 0 Å². The van der Waals surface area contributed by atoms with Gasteiger partial charge < -0.3 is 15.5 Å². The van der Waals surface area contributed by atoms with Gasteiger partial charge in [0.05, 0.1) is 6.10 Å². The maximum absolute atomic E-state index is 9.47. The molecule has 1 aliphatic rings. The molecule has 0 unspecified atom stereocenters. The van der Waals surface area contributed by atoms with Gasteiger partial charge in [-0.15, -0.1) is 0 Å². The van der Waals surface area contributed by atoms with E-state index >= 15 is 0 Å². The maximum Gasteiger partial charge on any atom is 0.0602 e. The first kappa shape index (κ1) is 8.97. The number of aliphatic hydroxyl groups is 2. The molecule has 0 aliphatic carbocycles. The van der Waals surface area contributed by atoms with E-state index in [2.05, 4.69) is 5.32 Å². The summed E-state index contributed by atoms with van der Waals surface area (Å²) in [6.07, 6.45) is 2.45. The summed E-state index contributed by atoms with van der Waals surface area (Å²) in [7, 11) is 0. The Morgan fingerprint density at radius 1 is 1.55 bits per heavy atom. The molecule has 0 saturated carbocycles. The van der Waals surface area contributed by atoms with Crippen LogP contribution >= 0.6 is 0 Å². The van der Waals surface area contributed by atoms with Crippen LogP contribution in [0.15, 0.2) is 0 Å². The Kier molecular flexibility index (Phi) is 3.83. The lowest BCUT2D eigenvalue weighted by molar-refractivity contribution is 0.0667. The summed E-state index contributed by atoms with van der Waals surface area (Å²) in [5.74, 6) is 0.357. The van der Waals surface area contributed by atoms with E-state index in [0.717, 1.165) is 25.9 Å². The fourth-order valence-electron chi connectivity index (χ4n) is 1.58. The van der Waals surface area contributed by atoms with Crippen molar-refractivity contribution in [1.82, 2.24) is 5.32 Å². The molecule has 1 aliphatic heterocycles. The minimum atomic E-state index is -0.312. The summed E-state index contributed by atoms with van der Waals surface area (Å²) >= 11 is 0. The zero-order valence-corrected chi connectivity index (χ0v) is 6.79. The predicted octanol–water partition coefficient (Wildman–Crippen LogP) is -0.271. The van der Waals surface area contributed by atoms with Crippen LogP contribution in [-0.4, -0.2) is 36.0 Å². The molecule has 66 valence electrons. The highest BCUT2D eigenvalue weighted by molar-refractivity contribution is 4.75. The largest absolute Gasteiger partial charge is 0.396 e. The normalized spacial score (nSPS) is 28.4. The molecular formula is C8H17NO2. The molecule has 0 aromatic heterocycles. The Balaban J connectivity index is 2.21. The van der Waals surface area contributed by atoms with Crippen LogP contribution in [0, 0.1) is 5.92 Å². The highest BCUT2D eigenvalue weighted by Crippen LogP contribution is 2.15. The van der Waals surface area contributed by atoms with E-state index in [1.165, 1.54) is 0 Å². The van der Waals surface area contributed by atoms with Gasteiger partial charge in [-0.2, -0.15) is 0 Å². The van der Waals surface area contributed by atoms with E-state index in [0.29, 0.717) is 12.3 Å². The first-order valence-electron chi connectivity index (χ1n) is 4.34. The molecule has 3 N–H and O–H groups in total. The van der Waals surface area contributed by atoms with Crippen LogP contribution in [0.25, 0.3) is 0 Å². The van der Waals surface area contributed by atoms with Gasteiger partial charge in [0.1, 0.15) is 0 Å². The average Bonchev–Trinajstić information content (AvgIpc) is 2.07. The Bertz CT molecular complexity index is 102. The van der Waals surface area contributed by atoms with Crippen LogP contribution < -0.4 is 5.32 Å². The fraction of sp³-hybridized carbons (Fsp3) is 1.00. The number of piperidine rings is 1. The second-order valence-corrected chi connectivity index (χ2v) is 3.19. The van der Waals surface area contributed by atoms with Gasteiger partial charge in [-0.25, -0.2) is 0 Å². The van der Waals surface area contributed by atoms with Gasteiger partial charge in [0, 0.05) is 13.2 Å². The van der Waals surface area contributed by atoms with Crippen molar-refractivity contribution in [2.75, 3.05) is 19.7 Å². The van der Waals surface area contributed by atoms with E-state index in [4.69, 9.17) is 5.11 Å². The summed E-state index contributed by atoms with van der Waals surface area (Å²) in [5, 5.41) is 21.3. The summed E-state index contributed by atoms with van der Waals surface area (Å²) < 4.78 is 0. The Hall–Kier alpha value is -0.120. The topological polar surface area (TPSA) is 52.5 Å². The number of hydrogen-bond donors (Lipinski definition) is 3. The molecule has 0 spiro atoms. The molecule has 1 heterocycles. The number of hydrogen-bond acceptors (Lipinski definition) is 3. The van der Waals surface area contributed by atoms with Crippen LogP contribution in [-0.2, 0) is 0 Å². The zero-order chi connectivity index (χ0) is 8.10. The third kappa shape index (κ3) is 2.77. The highest BCUT2D eigenvalue weighted by atomic mass is 16.3. The third-order valence-corrected chi connectivity index (χ3v) is 2.30. The Morgan fingerprint density at radius 3 is 2.91 bits per heavy atom. The van der Waals surface area contributed by atoms with Crippen molar-refractivity contribution in [1.29, 1.82) is 0 Å². The van der Waals surface area contributed by atoms with Crippen molar-refractivity contribution in [3.8, 4) is 0 Å². The summed E-state index contributed by atoms with van der Waals surface area (Å²) in [6.45, 7) is 2.07. The van der Waals surface area contributed by atoms with Crippen molar-refractivity contribution in [2.45, 2.75) is 25.4 Å². The molecule has 3 heteroatoms. The van der Waals surface area contributed by atoms with Crippen LogP contribution in [0.3, 0.4) is 0 Å². The van der Waals surface area contributed by atoms with Crippen molar-refractivity contribution >= 4 is 0 Å². The van der Waals surface area contributed by atoms with Crippen LogP contribution in [0.4, 0.5) is 0 Å². The van der Waals surface area contributed by atoms with Gasteiger partial charge in [0.25, 0.3) is 0 Å². The molecule has 2 atom stereocenters. The second kappa shape index (κ2) is 4.70. The SMILES string of the molecule is OCC[C@@H](O)[C@H]1CCCNC1. The van der Waals surface area contributed by atoms with Gasteiger partial charge >= 0.3 is 0 Å². The quantitative estimate of drug-likeness (QED) is 0.531. The molecule has 0 radical (unpaired) electrons. The average molecular weight is 159 g/mol. The van der Waals surface area contributed by atoms with Crippen LogP contribution in [0.1, 0.15) is 19.3 Å². The molecular weight excluding hydrogens is 142 g/mol. The molecule has 0 aromatic carbocycles. The minimum absolute atomic E-state index is 0.0949. The van der Waals surface area contributed by atoms with Gasteiger partial charge in [0.15, 0.2) is 0 Å². The predicted molar refractivity (Wildman–Crippen MR) is 43.3 cm³/mol. The summed E-state index contributed by atoms with van der Waals surface area (Å²) in [5.41, 5.74) is 0. The second-order valence-electron chi connectivity index (χ2n) is 3.19. The Labute approximate surface area is 67.4 Å². The first-order chi connectivity index (χ1) is 5.34. The van der Waals surface area contributed by atoms with Gasteiger partial charge in [0.2, 0.25) is 0 Å². The summed E-state index contributed by atoms with van der Waals surface area (Å²) in [6, 6.07) is 0. The van der Waals surface area contributed by atoms with Crippen molar-refractivity contribution in [2.24, 2.45) is 5.92 Å². The van der Waals surface area contributed by atoms with E-state index in [-0.39, 0.29) is 12.7 Å². The van der Waals surface area contributed by atoms with E-state index in [1.54, 1.807) is 0 Å². The minimum Gasteiger partial charge on any atom is -0.396 e. The standard InChI is InChI=1S/C8H17NO2/c10-5-3-8(11)7-2-1-4-9-6-7/h7-11H,1-6H2/t7-,8+/m0/s1. The van der Waals surface area contributed by atoms with Gasteiger partial charge in [-0.3, -0.25) is 0 Å². The van der Waals surface area contributed by atoms with E-state index in [9.17, 15) is 5.11 Å². The third-order valence-electron chi connectivity index (χ3n) is 2.30. The lowest BCUT2D eigenvalue weighted by Gasteiger charge is -2.26. The smallest absolute Gasteiger partial charge is 0.0602 e.